The molecule has 24 heavy (non-hydrogen) atoms. The highest BCUT2D eigenvalue weighted by molar-refractivity contribution is 7.89. The number of amides is 1. The van der Waals surface area contributed by atoms with E-state index in [9.17, 15) is 13.2 Å². The van der Waals surface area contributed by atoms with Crippen molar-refractivity contribution in [3.63, 3.8) is 0 Å². The minimum atomic E-state index is -3.57. The molecule has 0 radical (unpaired) electrons. The first kappa shape index (κ1) is 17.4. The number of nitrogens with one attached hydrogen (secondary N) is 2. The van der Waals surface area contributed by atoms with Gasteiger partial charge in [-0.15, -0.1) is 0 Å². The zero-order valence-electron chi connectivity index (χ0n) is 14.2. The molecule has 1 amide bonds. The monoisotopic (exact) mass is 355 g/mol. The van der Waals surface area contributed by atoms with Crippen LogP contribution in [0.15, 0.2) is 15.4 Å². The first-order valence-corrected chi connectivity index (χ1v) is 9.97. The van der Waals surface area contributed by atoms with Crippen LogP contribution in [0.2, 0.25) is 0 Å². The zero-order chi connectivity index (χ0) is 17.3. The van der Waals surface area contributed by atoms with Crippen molar-refractivity contribution in [2.45, 2.75) is 56.5 Å². The first-order valence-electron chi connectivity index (χ1n) is 8.53. The lowest BCUT2D eigenvalue weighted by Crippen LogP contribution is -2.46. The highest BCUT2D eigenvalue weighted by atomic mass is 32.2. The fourth-order valence-electron chi connectivity index (χ4n) is 3.42. The maximum Gasteiger partial charge on any atom is 0.287 e. The van der Waals surface area contributed by atoms with Crippen LogP contribution in [0.3, 0.4) is 0 Å². The Labute approximate surface area is 142 Å². The average molecular weight is 355 g/mol. The van der Waals surface area contributed by atoms with E-state index >= 15 is 0 Å². The summed E-state index contributed by atoms with van der Waals surface area (Å²) in [4.78, 5) is 12.5. The molecule has 0 saturated carbocycles. The third-order valence-electron chi connectivity index (χ3n) is 4.74. The molecule has 2 aliphatic heterocycles. The number of rotatable bonds is 4. The van der Waals surface area contributed by atoms with Crippen molar-refractivity contribution in [1.29, 1.82) is 0 Å². The molecule has 3 rings (SSSR count). The van der Waals surface area contributed by atoms with E-state index in [0.29, 0.717) is 19.1 Å². The van der Waals surface area contributed by atoms with Gasteiger partial charge in [0.05, 0.1) is 0 Å². The molecule has 0 aromatic carbocycles. The molecule has 2 fully saturated rings. The minimum Gasteiger partial charge on any atom is -0.455 e. The van der Waals surface area contributed by atoms with Gasteiger partial charge in [-0.25, -0.2) is 8.42 Å². The highest BCUT2D eigenvalue weighted by Gasteiger charge is 2.32. The molecule has 0 bridgehead atoms. The lowest BCUT2D eigenvalue weighted by atomic mass is 10.0. The number of hydrogen-bond donors (Lipinski definition) is 2. The standard InChI is InChI=1S/C16H25N3O4S/c1-11-9-13(5-6-17-11)18-16(20)14-10-15(12(2)23-14)24(21,22)19-7-3-4-8-19/h10-11,13,17H,3-9H2,1-2H3,(H,18,20). The second kappa shape index (κ2) is 6.85. The van der Waals surface area contributed by atoms with E-state index in [1.165, 1.54) is 10.4 Å². The number of aryl methyl sites for hydroxylation is 1. The van der Waals surface area contributed by atoms with Gasteiger partial charge >= 0.3 is 0 Å². The van der Waals surface area contributed by atoms with E-state index in [4.69, 9.17) is 4.42 Å². The maximum absolute atomic E-state index is 12.7. The first-order chi connectivity index (χ1) is 11.4. The lowest BCUT2D eigenvalue weighted by molar-refractivity contribution is 0.0896. The second-order valence-corrected chi connectivity index (χ2v) is 8.60. The number of carbonyl (C=O) groups is 1. The molecule has 8 heteroatoms. The van der Waals surface area contributed by atoms with Gasteiger partial charge in [0.1, 0.15) is 10.7 Å². The lowest BCUT2D eigenvalue weighted by Gasteiger charge is -2.28. The van der Waals surface area contributed by atoms with Crippen LogP contribution in [0.5, 0.6) is 0 Å². The normalized spacial score (nSPS) is 25.8. The fourth-order valence-corrected chi connectivity index (χ4v) is 5.10. The van der Waals surface area contributed by atoms with Gasteiger partial charge in [0.25, 0.3) is 5.91 Å². The Kier molecular flexibility index (Phi) is 4.98. The van der Waals surface area contributed by atoms with Crippen molar-refractivity contribution in [3.8, 4) is 0 Å². The van der Waals surface area contributed by atoms with Crippen molar-refractivity contribution >= 4 is 15.9 Å². The van der Waals surface area contributed by atoms with Gasteiger partial charge in [0.15, 0.2) is 5.76 Å². The Hall–Kier alpha value is -1.38. The average Bonchev–Trinajstić information content (AvgIpc) is 3.17. The SMILES string of the molecule is Cc1oc(C(=O)NC2CCNC(C)C2)cc1S(=O)(=O)N1CCCC1. The van der Waals surface area contributed by atoms with Gasteiger partial charge in [-0.05, 0) is 46.1 Å². The van der Waals surface area contributed by atoms with Gasteiger partial charge in [0.2, 0.25) is 10.0 Å². The van der Waals surface area contributed by atoms with Crippen LogP contribution in [0.4, 0.5) is 0 Å². The molecule has 1 aromatic heterocycles. The van der Waals surface area contributed by atoms with Crippen molar-refractivity contribution in [2.24, 2.45) is 0 Å². The topological polar surface area (TPSA) is 91.6 Å². The predicted molar refractivity (Wildman–Crippen MR) is 89.4 cm³/mol. The van der Waals surface area contributed by atoms with Crippen molar-refractivity contribution in [1.82, 2.24) is 14.9 Å². The van der Waals surface area contributed by atoms with Gasteiger partial charge in [-0.1, -0.05) is 0 Å². The predicted octanol–water partition coefficient (Wildman–Crippen LogP) is 1.24. The third-order valence-corrected chi connectivity index (χ3v) is 6.74. The molecule has 2 N–H and O–H groups in total. The Morgan fingerprint density at radius 2 is 2.08 bits per heavy atom. The third kappa shape index (κ3) is 3.50. The summed E-state index contributed by atoms with van der Waals surface area (Å²) in [6.45, 7) is 5.59. The van der Waals surface area contributed by atoms with Crippen LogP contribution in [0.1, 0.15) is 48.9 Å². The number of nitrogens with zero attached hydrogens (tertiary/aromatic N) is 1. The molecular weight excluding hydrogens is 330 g/mol. The summed E-state index contributed by atoms with van der Waals surface area (Å²) in [7, 11) is -3.57. The largest absolute Gasteiger partial charge is 0.455 e. The number of carbonyl (C=O) groups excluding carboxylic acids is 1. The Bertz CT molecular complexity index is 707. The van der Waals surface area contributed by atoms with E-state index in [0.717, 1.165) is 32.2 Å². The minimum absolute atomic E-state index is 0.0662. The Morgan fingerprint density at radius 3 is 2.75 bits per heavy atom. The molecule has 3 heterocycles. The van der Waals surface area contributed by atoms with E-state index in [2.05, 4.69) is 17.6 Å². The summed E-state index contributed by atoms with van der Waals surface area (Å²) in [5.41, 5.74) is 0. The van der Waals surface area contributed by atoms with Crippen LogP contribution in [-0.2, 0) is 10.0 Å². The molecular formula is C16H25N3O4S. The van der Waals surface area contributed by atoms with Crippen LogP contribution in [0, 0.1) is 6.92 Å². The molecule has 2 atom stereocenters. The Balaban J connectivity index is 1.74. The molecule has 1 aromatic rings. The highest BCUT2D eigenvalue weighted by Crippen LogP contribution is 2.26. The number of hydrogen-bond acceptors (Lipinski definition) is 5. The van der Waals surface area contributed by atoms with Gasteiger partial charge in [0, 0.05) is 31.2 Å². The van der Waals surface area contributed by atoms with E-state index in [1.807, 2.05) is 0 Å². The fraction of sp³-hybridized carbons (Fsp3) is 0.688. The Morgan fingerprint density at radius 1 is 1.38 bits per heavy atom. The molecule has 134 valence electrons. The van der Waals surface area contributed by atoms with Gasteiger partial charge in [-0.3, -0.25) is 4.79 Å². The van der Waals surface area contributed by atoms with Gasteiger partial charge in [-0.2, -0.15) is 4.31 Å². The summed E-state index contributed by atoms with van der Waals surface area (Å²) in [5.74, 6) is -0.0118. The summed E-state index contributed by atoms with van der Waals surface area (Å²) in [6.07, 6.45) is 3.45. The molecule has 0 aliphatic carbocycles. The summed E-state index contributed by atoms with van der Waals surface area (Å²) in [6, 6.07) is 1.80. The smallest absolute Gasteiger partial charge is 0.287 e. The quantitative estimate of drug-likeness (QED) is 0.848. The second-order valence-electron chi connectivity index (χ2n) is 6.69. The molecule has 7 nitrogen and oxygen atoms in total. The number of piperidine rings is 1. The number of sulfonamides is 1. The van der Waals surface area contributed by atoms with Crippen LogP contribution in [0.25, 0.3) is 0 Å². The van der Waals surface area contributed by atoms with E-state index in [1.54, 1.807) is 6.92 Å². The molecule has 2 unspecified atom stereocenters. The summed E-state index contributed by atoms with van der Waals surface area (Å²) < 4.78 is 32.2. The molecule has 0 spiro atoms. The van der Waals surface area contributed by atoms with Crippen LogP contribution < -0.4 is 10.6 Å². The maximum atomic E-state index is 12.7. The summed E-state index contributed by atoms with van der Waals surface area (Å²) in [5, 5.41) is 6.28. The van der Waals surface area contributed by atoms with Crippen LogP contribution in [-0.4, -0.2) is 50.3 Å². The molecule has 2 saturated heterocycles. The zero-order valence-corrected chi connectivity index (χ0v) is 15.0. The van der Waals surface area contributed by atoms with E-state index < -0.39 is 10.0 Å². The number of furan rings is 1. The van der Waals surface area contributed by atoms with E-state index in [-0.39, 0.29) is 28.4 Å². The summed E-state index contributed by atoms with van der Waals surface area (Å²) >= 11 is 0. The molecule has 2 aliphatic rings. The van der Waals surface area contributed by atoms with Crippen LogP contribution >= 0.6 is 0 Å². The van der Waals surface area contributed by atoms with Crippen molar-refractivity contribution in [3.05, 3.63) is 17.6 Å². The van der Waals surface area contributed by atoms with Crippen molar-refractivity contribution in [2.75, 3.05) is 19.6 Å². The van der Waals surface area contributed by atoms with Crippen molar-refractivity contribution < 1.29 is 17.6 Å². The van der Waals surface area contributed by atoms with Gasteiger partial charge < -0.3 is 15.1 Å².